The molecular formula is C27H20F3N7O. The molecule has 1 amide bonds. The summed E-state index contributed by atoms with van der Waals surface area (Å²) in [5.74, 6) is 0.886. The molecule has 2 aliphatic heterocycles. The molecule has 0 saturated carbocycles. The van der Waals surface area contributed by atoms with Crippen molar-refractivity contribution in [3.63, 3.8) is 0 Å². The van der Waals surface area contributed by atoms with E-state index < -0.39 is 17.6 Å². The molecule has 0 N–H and O–H groups in total. The van der Waals surface area contributed by atoms with E-state index in [4.69, 9.17) is 4.98 Å². The SMILES string of the molecule is Cn1cnnc1-c1ccc(C#N)cc1-c1cc(N2CCC2)nc(N2Cc3c(cccc3C(F)(F)F)C2=O)c1. The second kappa shape index (κ2) is 8.69. The van der Waals surface area contributed by atoms with Crippen LogP contribution in [0.4, 0.5) is 24.8 Å². The van der Waals surface area contributed by atoms with Crippen LogP contribution in [0.1, 0.15) is 33.5 Å². The van der Waals surface area contributed by atoms with Gasteiger partial charge in [-0.25, -0.2) is 4.98 Å². The van der Waals surface area contributed by atoms with Gasteiger partial charge in [0.05, 0.1) is 23.7 Å². The third kappa shape index (κ3) is 3.85. The van der Waals surface area contributed by atoms with Gasteiger partial charge in [0.2, 0.25) is 0 Å². The summed E-state index contributed by atoms with van der Waals surface area (Å²) >= 11 is 0. The first-order valence-electron chi connectivity index (χ1n) is 11.9. The number of pyridine rings is 1. The van der Waals surface area contributed by atoms with Crippen LogP contribution in [0.15, 0.2) is 54.9 Å². The lowest BCUT2D eigenvalue weighted by Crippen LogP contribution is -2.38. The third-order valence-electron chi connectivity index (χ3n) is 6.94. The smallest absolute Gasteiger partial charge is 0.356 e. The van der Waals surface area contributed by atoms with Crippen LogP contribution in [0.5, 0.6) is 0 Å². The Balaban J connectivity index is 1.51. The first-order chi connectivity index (χ1) is 18.2. The number of benzene rings is 2. The summed E-state index contributed by atoms with van der Waals surface area (Å²) in [6.07, 6.45) is -2.03. The van der Waals surface area contributed by atoms with Crippen LogP contribution in [-0.2, 0) is 19.8 Å². The highest BCUT2D eigenvalue weighted by Gasteiger charge is 2.40. The van der Waals surface area contributed by atoms with Crippen molar-refractivity contribution in [2.75, 3.05) is 22.9 Å². The molecule has 190 valence electrons. The largest absolute Gasteiger partial charge is 0.416 e. The molecule has 0 unspecified atom stereocenters. The van der Waals surface area contributed by atoms with E-state index >= 15 is 0 Å². The number of aromatic nitrogens is 4. The van der Waals surface area contributed by atoms with E-state index in [-0.39, 0.29) is 23.5 Å². The van der Waals surface area contributed by atoms with E-state index in [1.54, 1.807) is 42.2 Å². The Kier molecular flexibility index (Phi) is 5.41. The van der Waals surface area contributed by atoms with Crippen molar-refractivity contribution in [2.45, 2.75) is 19.1 Å². The lowest BCUT2D eigenvalue weighted by molar-refractivity contribution is -0.138. The molecule has 6 rings (SSSR count). The minimum absolute atomic E-state index is 0.0174. The molecule has 8 nitrogen and oxygen atoms in total. The van der Waals surface area contributed by atoms with Crippen LogP contribution in [0.3, 0.4) is 0 Å². The van der Waals surface area contributed by atoms with Gasteiger partial charge in [0, 0.05) is 31.3 Å². The molecule has 0 atom stereocenters. The maximum atomic E-state index is 13.7. The van der Waals surface area contributed by atoms with Crippen molar-refractivity contribution in [3.8, 4) is 28.6 Å². The number of hydrogen-bond acceptors (Lipinski definition) is 6. The molecule has 1 saturated heterocycles. The summed E-state index contributed by atoms with van der Waals surface area (Å²) < 4.78 is 42.9. The second-order valence-electron chi connectivity index (χ2n) is 9.27. The van der Waals surface area contributed by atoms with Gasteiger partial charge >= 0.3 is 6.18 Å². The summed E-state index contributed by atoms with van der Waals surface area (Å²) in [6, 6.07) is 14.6. The Morgan fingerprint density at radius 2 is 1.79 bits per heavy atom. The van der Waals surface area contributed by atoms with Crippen LogP contribution in [0, 0.1) is 11.3 Å². The highest BCUT2D eigenvalue weighted by molar-refractivity contribution is 6.10. The Labute approximate surface area is 215 Å². The molecule has 2 aliphatic rings. The number of carbonyl (C=O) groups is 1. The maximum Gasteiger partial charge on any atom is 0.416 e. The number of alkyl halides is 3. The number of nitrogens with zero attached hydrogens (tertiary/aromatic N) is 7. The topological polar surface area (TPSA) is 90.9 Å². The minimum Gasteiger partial charge on any atom is -0.356 e. The van der Waals surface area contributed by atoms with E-state index in [0.717, 1.165) is 25.6 Å². The first-order valence-corrected chi connectivity index (χ1v) is 11.9. The zero-order valence-electron chi connectivity index (χ0n) is 20.2. The van der Waals surface area contributed by atoms with E-state index in [2.05, 4.69) is 16.3 Å². The molecule has 0 bridgehead atoms. The number of anilines is 2. The van der Waals surface area contributed by atoms with Gasteiger partial charge in [-0.3, -0.25) is 9.69 Å². The summed E-state index contributed by atoms with van der Waals surface area (Å²) in [7, 11) is 1.80. The van der Waals surface area contributed by atoms with Gasteiger partial charge in [-0.2, -0.15) is 18.4 Å². The van der Waals surface area contributed by atoms with Crippen LogP contribution in [0.25, 0.3) is 22.5 Å². The Hall–Kier alpha value is -4.72. The monoisotopic (exact) mass is 515 g/mol. The molecule has 11 heteroatoms. The zero-order chi connectivity index (χ0) is 26.6. The predicted octanol–water partition coefficient (Wildman–Crippen LogP) is 4.81. The molecule has 2 aromatic heterocycles. The average Bonchev–Trinajstić information content (AvgIpc) is 3.44. The van der Waals surface area contributed by atoms with Crippen molar-refractivity contribution in [1.29, 1.82) is 5.26 Å². The Morgan fingerprint density at radius 3 is 2.45 bits per heavy atom. The number of nitriles is 1. The number of aryl methyl sites for hydroxylation is 1. The number of rotatable bonds is 4. The fourth-order valence-electron chi connectivity index (χ4n) is 4.86. The van der Waals surface area contributed by atoms with Gasteiger partial charge in [-0.15, -0.1) is 10.2 Å². The fourth-order valence-corrected chi connectivity index (χ4v) is 4.86. The van der Waals surface area contributed by atoms with Crippen molar-refractivity contribution in [2.24, 2.45) is 7.05 Å². The van der Waals surface area contributed by atoms with Gasteiger partial charge in [0.25, 0.3) is 5.91 Å². The third-order valence-corrected chi connectivity index (χ3v) is 6.94. The summed E-state index contributed by atoms with van der Waals surface area (Å²) in [5, 5.41) is 17.8. The van der Waals surface area contributed by atoms with Crippen LogP contribution in [-0.4, -0.2) is 38.7 Å². The zero-order valence-corrected chi connectivity index (χ0v) is 20.2. The standard InChI is InChI=1S/C27H20F3N7O/c1-35-15-32-34-25(35)18-7-6-16(13-31)10-20(18)17-11-23(36-8-3-9-36)33-24(12-17)37-14-21-19(26(37)38)4-2-5-22(21)27(28,29)30/h2,4-7,10-12,15H,3,8-9,14H2,1H3. The van der Waals surface area contributed by atoms with E-state index in [1.807, 2.05) is 11.0 Å². The van der Waals surface area contributed by atoms with Crippen molar-refractivity contribution < 1.29 is 18.0 Å². The number of carbonyl (C=O) groups excluding carboxylic acids is 1. The van der Waals surface area contributed by atoms with Crippen molar-refractivity contribution in [1.82, 2.24) is 19.7 Å². The van der Waals surface area contributed by atoms with Crippen molar-refractivity contribution >= 4 is 17.5 Å². The Bertz CT molecular complexity index is 1630. The molecule has 0 radical (unpaired) electrons. The van der Waals surface area contributed by atoms with Gasteiger partial charge in [-0.1, -0.05) is 6.07 Å². The van der Waals surface area contributed by atoms with Gasteiger partial charge < -0.3 is 9.47 Å². The number of amides is 1. The molecule has 1 fully saturated rings. The van der Waals surface area contributed by atoms with Crippen molar-refractivity contribution in [3.05, 3.63) is 77.1 Å². The normalized spacial score (nSPS) is 14.9. The van der Waals surface area contributed by atoms with E-state index in [0.29, 0.717) is 33.9 Å². The lowest BCUT2D eigenvalue weighted by atomic mass is 9.97. The number of fused-ring (bicyclic) bond motifs is 1. The maximum absolute atomic E-state index is 13.7. The minimum atomic E-state index is -4.58. The van der Waals surface area contributed by atoms with Crippen LogP contribution >= 0.6 is 0 Å². The molecular weight excluding hydrogens is 495 g/mol. The highest BCUT2D eigenvalue weighted by Crippen LogP contribution is 2.41. The van der Waals surface area contributed by atoms with Crippen LogP contribution in [0.2, 0.25) is 0 Å². The predicted molar refractivity (Wildman–Crippen MR) is 133 cm³/mol. The lowest BCUT2D eigenvalue weighted by Gasteiger charge is -2.33. The molecule has 2 aromatic carbocycles. The average molecular weight is 515 g/mol. The molecule has 4 heterocycles. The molecule has 38 heavy (non-hydrogen) atoms. The Morgan fingerprint density at radius 1 is 1.00 bits per heavy atom. The molecule has 0 spiro atoms. The van der Waals surface area contributed by atoms with Crippen LogP contribution < -0.4 is 9.80 Å². The summed E-state index contributed by atoms with van der Waals surface area (Å²) in [6.45, 7) is 1.31. The second-order valence-corrected chi connectivity index (χ2v) is 9.27. The molecule has 4 aromatic rings. The van der Waals surface area contributed by atoms with Gasteiger partial charge in [0.15, 0.2) is 5.82 Å². The quantitative estimate of drug-likeness (QED) is 0.388. The van der Waals surface area contributed by atoms with E-state index in [9.17, 15) is 23.2 Å². The molecule has 0 aliphatic carbocycles. The number of halogens is 3. The highest BCUT2D eigenvalue weighted by atomic mass is 19.4. The van der Waals surface area contributed by atoms with Gasteiger partial charge in [0.1, 0.15) is 18.0 Å². The summed E-state index contributed by atoms with van der Waals surface area (Å²) in [4.78, 5) is 21.3. The number of hydrogen-bond donors (Lipinski definition) is 0. The van der Waals surface area contributed by atoms with Gasteiger partial charge in [-0.05, 0) is 65.6 Å². The van der Waals surface area contributed by atoms with E-state index in [1.165, 1.54) is 17.0 Å². The summed E-state index contributed by atoms with van der Waals surface area (Å²) in [5.41, 5.74) is 1.60. The first kappa shape index (κ1) is 23.7. The fraction of sp³-hybridized carbons (Fsp3) is 0.222.